The van der Waals surface area contributed by atoms with Crippen LogP contribution in [0, 0.1) is 5.92 Å². The minimum absolute atomic E-state index is 0.0713. The third-order valence-corrected chi connectivity index (χ3v) is 6.14. The lowest BCUT2D eigenvalue weighted by atomic mass is 9.81. The third-order valence-electron chi connectivity index (χ3n) is 6.14. The molecule has 144 valence electrons. The molecule has 2 aliphatic heterocycles. The molecule has 0 unspecified atom stereocenters. The van der Waals surface area contributed by atoms with Crippen molar-refractivity contribution in [3.05, 3.63) is 35.4 Å². The highest BCUT2D eigenvalue weighted by Gasteiger charge is 2.53. The molecule has 27 heavy (non-hydrogen) atoms. The smallest absolute Gasteiger partial charge is 0.249 e. The molecule has 0 aromatic heterocycles. The van der Waals surface area contributed by atoms with E-state index in [1.165, 1.54) is 4.90 Å². The van der Waals surface area contributed by atoms with Gasteiger partial charge in [-0.1, -0.05) is 31.0 Å². The van der Waals surface area contributed by atoms with Crippen LogP contribution in [-0.2, 0) is 14.3 Å². The zero-order chi connectivity index (χ0) is 19.1. The van der Waals surface area contributed by atoms with Crippen LogP contribution in [0.4, 0.5) is 0 Å². The Kier molecular flexibility index (Phi) is 4.74. The zero-order valence-corrected chi connectivity index (χ0v) is 15.0. The molecular formula is C20H24N2O5. The number of likely N-dealkylation sites (tertiary alicyclic amines) is 1. The van der Waals surface area contributed by atoms with Crippen molar-refractivity contribution in [2.45, 2.75) is 49.9 Å². The van der Waals surface area contributed by atoms with Crippen molar-refractivity contribution < 1.29 is 24.2 Å². The number of ether oxygens (including phenoxy) is 1. The Hall–Kier alpha value is -2.25. The number of carbonyl (C=O) groups is 3. The van der Waals surface area contributed by atoms with Crippen LogP contribution >= 0.6 is 0 Å². The molecule has 4 rings (SSSR count). The van der Waals surface area contributed by atoms with E-state index in [1.54, 1.807) is 24.3 Å². The fourth-order valence-electron chi connectivity index (χ4n) is 4.91. The summed E-state index contributed by atoms with van der Waals surface area (Å²) < 4.78 is 5.39. The van der Waals surface area contributed by atoms with Gasteiger partial charge in [0.1, 0.15) is 24.9 Å². The maximum atomic E-state index is 13.6. The van der Waals surface area contributed by atoms with E-state index in [1.807, 2.05) is 0 Å². The van der Waals surface area contributed by atoms with Crippen LogP contribution in [0.1, 0.15) is 47.5 Å². The summed E-state index contributed by atoms with van der Waals surface area (Å²) in [5.41, 5.74) is 6.51. The number of aliphatic hydroxyl groups is 1. The Balaban J connectivity index is 1.73. The van der Waals surface area contributed by atoms with Gasteiger partial charge in [-0.05, 0) is 30.4 Å². The molecule has 4 atom stereocenters. The maximum Gasteiger partial charge on any atom is 0.249 e. The molecule has 2 saturated heterocycles. The number of hydrogen-bond donors (Lipinski definition) is 2. The van der Waals surface area contributed by atoms with Crippen LogP contribution in [0.3, 0.4) is 0 Å². The molecular weight excluding hydrogens is 348 g/mol. The van der Waals surface area contributed by atoms with Crippen LogP contribution in [0.15, 0.2) is 24.3 Å². The van der Waals surface area contributed by atoms with Crippen molar-refractivity contribution in [3.8, 4) is 0 Å². The van der Waals surface area contributed by atoms with E-state index in [0.717, 1.165) is 25.7 Å². The van der Waals surface area contributed by atoms with Crippen molar-refractivity contribution in [2.24, 2.45) is 11.7 Å². The van der Waals surface area contributed by atoms with E-state index < -0.39 is 30.1 Å². The van der Waals surface area contributed by atoms with E-state index in [2.05, 4.69) is 0 Å². The van der Waals surface area contributed by atoms with Gasteiger partial charge in [-0.2, -0.15) is 0 Å². The van der Waals surface area contributed by atoms with Gasteiger partial charge in [-0.3, -0.25) is 14.4 Å². The maximum absolute atomic E-state index is 13.6. The van der Waals surface area contributed by atoms with Crippen molar-refractivity contribution >= 4 is 17.6 Å². The largest absolute Gasteiger partial charge is 0.388 e. The number of nitrogens with zero attached hydrogens (tertiary/aromatic N) is 1. The normalized spacial score (nSPS) is 29.1. The molecule has 1 aromatic rings. The first-order chi connectivity index (χ1) is 13.0. The molecule has 7 heteroatoms. The molecule has 3 N–H and O–H groups in total. The summed E-state index contributed by atoms with van der Waals surface area (Å²) in [5, 5.41) is 10.3. The van der Waals surface area contributed by atoms with E-state index in [4.69, 9.17) is 10.5 Å². The molecule has 3 fully saturated rings. The number of fused-ring (bicyclic) bond motifs is 1. The quantitative estimate of drug-likeness (QED) is 0.804. The Bertz CT molecular complexity index is 773. The topological polar surface area (TPSA) is 110 Å². The van der Waals surface area contributed by atoms with E-state index >= 15 is 0 Å². The third kappa shape index (κ3) is 3.04. The first-order valence-electron chi connectivity index (χ1n) is 9.50. The van der Waals surface area contributed by atoms with E-state index in [9.17, 15) is 19.5 Å². The summed E-state index contributed by atoms with van der Waals surface area (Å²) in [6.45, 7) is -0.00991. The second-order valence-corrected chi connectivity index (χ2v) is 7.72. The highest BCUT2D eigenvalue weighted by molar-refractivity contribution is 5.99. The number of nitrogens with two attached hydrogens (primary N) is 1. The van der Waals surface area contributed by atoms with Gasteiger partial charge in [-0.15, -0.1) is 0 Å². The molecule has 1 saturated carbocycles. The molecule has 0 radical (unpaired) electrons. The lowest BCUT2D eigenvalue weighted by molar-refractivity contribution is -0.139. The average molecular weight is 372 g/mol. The number of rotatable bonds is 4. The Labute approximate surface area is 157 Å². The number of primary amides is 1. The number of amides is 2. The standard InChI is InChI=1S/C20H24N2O5/c21-19(25)13-8-4-3-7-12(13)16(11-5-1-2-6-11)20(26)22-9-14(23)18-17(22)15(24)10-27-18/h3-4,7-8,11,14,16-18,23H,1-2,5-6,9-10H2,(H2,21,25)/t14-,16+,17-,18-/m1/s1. The molecule has 1 aliphatic carbocycles. The predicted octanol–water partition coefficient (Wildman–Crippen LogP) is 0.599. The van der Waals surface area contributed by atoms with Gasteiger partial charge in [0.2, 0.25) is 11.8 Å². The first kappa shape index (κ1) is 18.1. The van der Waals surface area contributed by atoms with Gasteiger partial charge >= 0.3 is 0 Å². The van der Waals surface area contributed by atoms with Crippen LogP contribution in [-0.4, -0.2) is 59.0 Å². The number of carbonyl (C=O) groups excluding carboxylic acids is 3. The minimum atomic E-state index is -0.874. The summed E-state index contributed by atoms with van der Waals surface area (Å²) in [4.78, 5) is 39.3. The van der Waals surface area contributed by atoms with Gasteiger partial charge in [-0.25, -0.2) is 0 Å². The predicted molar refractivity (Wildman–Crippen MR) is 95.9 cm³/mol. The zero-order valence-electron chi connectivity index (χ0n) is 15.0. The monoisotopic (exact) mass is 372 g/mol. The Morgan fingerprint density at radius 3 is 2.63 bits per heavy atom. The SMILES string of the molecule is NC(=O)c1ccccc1[C@@H](C(=O)N1C[C@@H](O)[C@H]2OCC(=O)[C@H]21)C1CCCC1. The molecule has 2 heterocycles. The minimum Gasteiger partial charge on any atom is -0.388 e. The van der Waals surface area contributed by atoms with Gasteiger partial charge in [0.15, 0.2) is 5.78 Å². The van der Waals surface area contributed by atoms with Gasteiger partial charge in [0.05, 0.1) is 12.5 Å². The summed E-state index contributed by atoms with van der Waals surface area (Å²) in [5.74, 6) is -1.43. The highest BCUT2D eigenvalue weighted by Crippen LogP contribution is 2.41. The van der Waals surface area contributed by atoms with Crippen molar-refractivity contribution in [3.63, 3.8) is 0 Å². The fraction of sp³-hybridized carbons (Fsp3) is 0.550. The number of ketones is 1. The van der Waals surface area contributed by atoms with Crippen molar-refractivity contribution in [1.29, 1.82) is 0 Å². The number of β-amino-alcohol motifs (C(OH)–C–C–N with tert-alkyl or cyclic N) is 1. The fourth-order valence-corrected chi connectivity index (χ4v) is 4.91. The number of benzene rings is 1. The summed E-state index contributed by atoms with van der Waals surface area (Å²) in [6, 6.07) is 6.19. The lowest BCUT2D eigenvalue weighted by Gasteiger charge is -2.31. The average Bonchev–Trinajstić information content (AvgIpc) is 3.36. The number of Topliss-reactive ketones (excluding diaryl/α,β-unsaturated/α-hetero) is 1. The Morgan fingerprint density at radius 2 is 1.93 bits per heavy atom. The van der Waals surface area contributed by atoms with Gasteiger partial charge in [0, 0.05) is 5.56 Å². The van der Waals surface area contributed by atoms with E-state index in [0.29, 0.717) is 11.1 Å². The second kappa shape index (κ2) is 7.05. The number of aliphatic hydroxyl groups excluding tert-OH is 1. The van der Waals surface area contributed by atoms with Crippen LogP contribution in [0.5, 0.6) is 0 Å². The highest BCUT2D eigenvalue weighted by atomic mass is 16.5. The van der Waals surface area contributed by atoms with Crippen LogP contribution in [0.2, 0.25) is 0 Å². The van der Waals surface area contributed by atoms with Crippen molar-refractivity contribution in [1.82, 2.24) is 4.90 Å². The van der Waals surface area contributed by atoms with Gasteiger partial charge < -0.3 is 20.5 Å². The molecule has 7 nitrogen and oxygen atoms in total. The summed E-state index contributed by atoms with van der Waals surface area (Å²) >= 11 is 0. The van der Waals surface area contributed by atoms with Gasteiger partial charge in [0.25, 0.3) is 0 Å². The van der Waals surface area contributed by atoms with Crippen molar-refractivity contribution in [2.75, 3.05) is 13.2 Å². The lowest BCUT2D eigenvalue weighted by Crippen LogP contribution is -2.45. The van der Waals surface area contributed by atoms with Crippen LogP contribution in [0.25, 0.3) is 0 Å². The number of hydrogen-bond acceptors (Lipinski definition) is 5. The summed E-state index contributed by atoms with van der Waals surface area (Å²) in [7, 11) is 0. The molecule has 3 aliphatic rings. The Morgan fingerprint density at radius 1 is 1.22 bits per heavy atom. The first-order valence-corrected chi connectivity index (χ1v) is 9.50. The van der Waals surface area contributed by atoms with E-state index in [-0.39, 0.29) is 30.8 Å². The van der Waals surface area contributed by atoms with Crippen LogP contribution < -0.4 is 5.73 Å². The summed E-state index contributed by atoms with van der Waals surface area (Å²) in [6.07, 6.45) is 2.31. The molecule has 0 spiro atoms. The molecule has 2 amide bonds. The molecule has 0 bridgehead atoms. The second-order valence-electron chi connectivity index (χ2n) is 7.72. The molecule has 1 aromatic carbocycles.